The van der Waals surface area contributed by atoms with Gasteiger partial charge in [0, 0.05) is 6.04 Å². The molecule has 1 aromatic carbocycles. The summed E-state index contributed by atoms with van der Waals surface area (Å²) in [6, 6.07) is 12.3. The summed E-state index contributed by atoms with van der Waals surface area (Å²) in [6.07, 6.45) is 7.02. The first-order valence-electron chi connectivity index (χ1n) is 9.59. The van der Waals surface area contributed by atoms with Crippen molar-refractivity contribution in [3.63, 3.8) is 0 Å². The van der Waals surface area contributed by atoms with Crippen LogP contribution in [-0.4, -0.2) is 24.0 Å². The van der Waals surface area contributed by atoms with Crippen LogP contribution in [0.1, 0.15) is 56.4 Å². The van der Waals surface area contributed by atoms with Crippen molar-refractivity contribution in [3.8, 4) is 0 Å². The van der Waals surface area contributed by atoms with Gasteiger partial charge in [-0.2, -0.15) is 0 Å². The van der Waals surface area contributed by atoms with Crippen LogP contribution in [0.2, 0.25) is 0 Å². The van der Waals surface area contributed by atoms with Crippen molar-refractivity contribution >= 4 is 11.9 Å². The van der Waals surface area contributed by atoms with Crippen LogP contribution in [0.4, 0.5) is 4.79 Å². The summed E-state index contributed by atoms with van der Waals surface area (Å²) in [6.45, 7) is 1.74. The Morgan fingerprint density at radius 1 is 1.04 bits per heavy atom. The Balaban J connectivity index is 1.58. The third-order valence-electron chi connectivity index (χ3n) is 4.95. The molecule has 0 radical (unpaired) electrons. The average Bonchev–Trinajstić information content (AvgIpc) is 3.21. The molecule has 2 aromatic rings. The van der Waals surface area contributed by atoms with Crippen LogP contribution in [0.3, 0.4) is 0 Å². The number of benzene rings is 1. The first kappa shape index (κ1) is 19.2. The molecule has 0 spiro atoms. The molecule has 1 heterocycles. The number of furan rings is 1. The summed E-state index contributed by atoms with van der Waals surface area (Å²) in [5, 5.41) is 8.61. The van der Waals surface area contributed by atoms with E-state index >= 15 is 0 Å². The largest absolute Gasteiger partial charge is 0.467 e. The third-order valence-corrected chi connectivity index (χ3v) is 4.95. The van der Waals surface area contributed by atoms with Crippen LogP contribution in [0.5, 0.6) is 0 Å². The minimum atomic E-state index is -0.572. The van der Waals surface area contributed by atoms with Crippen LogP contribution < -0.4 is 16.0 Å². The Morgan fingerprint density at radius 3 is 2.44 bits per heavy atom. The fourth-order valence-corrected chi connectivity index (χ4v) is 3.46. The van der Waals surface area contributed by atoms with E-state index in [0.717, 1.165) is 31.2 Å². The number of carbonyl (C=O) groups is 2. The molecule has 3 rings (SSSR count). The quantitative estimate of drug-likeness (QED) is 0.728. The zero-order valence-corrected chi connectivity index (χ0v) is 15.6. The number of rotatable bonds is 6. The summed E-state index contributed by atoms with van der Waals surface area (Å²) in [4.78, 5) is 24.6. The maximum atomic E-state index is 12.5. The van der Waals surface area contributed by atoms with Crippen molar-refractivity contribution in [2.75, 3.05) is 0 Å². The van der Waals surface area contributed by atoms with Crippen molar-refractivity contribution in [2.24, 2.45) is 0 Å². The molecule has 144 valence electrons. The molecule has 0 unspecified atom stereocenters. The smallest absolute Gasteiger partial charge is 0.321 e. The topological polar surface area (TPSA) is 83.4 Å². The first-order chi connectivity index (χ1) is 13.1. The van der Waals surface area contributed by atoms with Crippen LogP contribution in [0, 0.1) is 0 Å². The number of hydrogen-bond donors (Lipinski definition) is 3. The van der Waals surface area contributed by atoms with E-state index in [4.69, 9.17) is 4.42 Å². The Morgan fingerprint density at radius 2 is 1.78 bits per heavy atom. The lowest BCUT2D eigenvalue weighted by Gasteiger charge is -2.24. The Bertz CT molecular complexity index is 724. The lowest BCUT2D eigenvalue weighted by atomic mass is 9.96. The van der Waals surface area contributed by atoms with Gasteiger partial charge in [-0.1, -0.05) is 49.6 Å². The van der Waals surface area contributed by atoms with Crippen molar-refractivity contribution in [1.29, 1.82) is 0 Å². The lowest BCUT2D eigenvalue weighted by Crippen LogP contribution is -2.51. The zero-order chi connectivity index (χ0) is 19.1. The van der Waals surface area contributed by atoms with Gasteiger partial charge in [0.05, 0.1) is 18.3 Å². The lowest BCUT2D eigenvalue weighted by molar-refractivity contribution is -0.121. The molecule has 0 bridgehead atoms. The molecule has 1 aromatic heterocycles. The van der Waals surface area contributed by atoms with Gasteiger partial charge in [-0.15, -0.1) is 0 Å². The molecule has 6 nitrogen and oxygen atoms in total. The minimum absolute atomic E-state index is 0.162. The highest BCUT2D eigenvalue weighted by Gasteiger charge is 2.24. The van der Waals surface area contributed by atoms with Gasteiger partial charge >= 0.3 is 6.03 Å². The number of imide groups is 1. The second-order valence-corrected chi connectivity index (χ2v) is 7.05. The Labute approximate surface area is 159 Å². The molecule has 3 amide bonds. The third kappa shape index (κ3) is 5.44. The monoisotopic (exact) mass is 369 g/mol. The number of nitrogens with one attached hydrogen (secondary N) is 3. The van der Waals surface area contributed by atoms with Gasteiger partial charge in [0.15, 0.2) is 0 Å². The summed E-state index contributed by atoms with van der Waals surface area (Å²) in [5.41, 5.74) is 0.985. The van der Waals surface area contributed by atoms with Gasteiger partial charge < -0.3 is 9.73 Å². The van der Waals surface area contributed by atoms with Gasteiger partial charge in [0.2, 0.25) is 5.91 Å². The SMILES string of the molecule is C[C@H](N[C@@H](c1ccccc1)c1ccco1)C(=O)NC(=O)NC1CCCCC1. The second-order valence-electron chi connectivity index (χ2n) is 7.05. The molecule has 6 heteroatoms. The number of hydrogen-bond acceptors (Lipinski definition) is 4. The van der Waals surface area contributed by atoms with E-state index in [1.807, 2.05) is 42.5 Å². The van der Waals surface area contributed by atoms with E-state index in [9.17, 15) is 9.59 Å². The Kier molecular flexibility index (Phi) is 6.65. The Hall–Kier alpha value is -2.60. The van der Waals surface area contributed by atoms with Gasteiger partial charge in [-0.25, -0.2) is 4.79 Å². The summed E-state index contributed by atoms with van der Waals surface area (Å²) >= 11 is 0. The van der Waals surface area contributed by atoms with Crippen molar-refractivity contribution in [1.82, 2.24) is 16.0 Å². The number of amides is 3. The van der Waals surface area contributed by atoms with E-state index in [0.29, 0.717) is 5.76 Å². The van der Waals surface area contributed by atoms with Crippen molar-refractivity contribution in [2.45, 2.75) is 57.2 Å². The molecular weight excluding hydrogens is 342 g/mol. The first-order valence-corrected chi connectivity index (χ1v) is 9.59. The molecule has 0 aliphatic heterocycles. The average molecular weight is 369 g/mol. The predicted molar refractivity (Wildman–Crippen MR) is 103 cm³/mol. The standard InChI is InChI=1S/C21H27N3O3/c1-15(20(25)24-21(26)23-17-11-6-3-7-12-17)22-19(18-13-8-14-27-18)16-9-4-2-5-10-16/h2,4-5,8-10,13-15,17,19,22H,3,6-7,11-12H2,1H3,(H2,23,24,25,26)/t15-,19-/m0/s1. The molecule has 1 fully saturated rings. The van der Waals surface area contributed by atoms with Crippen molar-refractivity contribution in [3.05, 3.63) is 60.1 Å². The summed E-state index contributed by atoms with van der Waals surface area (Å²) < 4.78 is 5.54. The van der Waals surface area contributed by atoms with Gasteiger partial charge in [0.1, 0.15) is 5.76 Å². The van der Waals surface area contributed by atoms with Crippen LogP contribution in [0.25, 0.3) is 0 Å². The maximum absolute atomic E-state index is 12.5. The van der Waals surface area contributed by atoms with E-state index in [-0.39, 0.29) is 18.0 Å². The van der Waals surface area contributed by atoms with Crippen LogP contribution in [-0.2, 0) is 4.79 Å². The van der Waals surface area contributed by atoms with Crippen LogP contribution in [0.15, 0.2) is 53.1 Å². The fraction of sp³-hybridized carbons (Fsp3) is 0.429. The highest BCUT2D eigenvalue weighted by Crippen LogP contribution is 2.23. The summed E-state index contributed by atoms with van der Waals surface area (Å²) in [7, 11) is 0. The number of carbonyl (C=O) groups excluding carboxylic acids is 2. The van der Waals surface area contributed by atoms with E-state index < -0.39 is 12.1 Å². The number of urea groups is 1. The molecular formula is C21H27N3O3. The maximum Gasteiger partial charge on any atom is 0.321 e. The van der Waals surface area contributed by atoms with Gasteiger partial charge in [0.25, 0.3) is 0 Å². The molecule has 27 heavy (non-hydrogen) atoms. The molecule has 1 aliphatic carbocycles. The van der Waals surface area contributed by atoms with Crippen molar-refractivity contribution < 1.29 is 14.0 Å². The van der Waals surface area contributed by atoms with Gasteiger partial charge in [-0.05, 0) is 37.5 Å². The fourth-order valence-electron chi connectivity index (χ4n) is 3.46. The highest BCUT2D eigenvalue weighted by molar-refractivity contribution is 5.96. The molecule has 1 aliphatic rings. The highest BCUT2D eigenvalue weighted by atomic mass is 16.3. The predicted octanol–water partition coefficient (Wildman–Crippen LogP) is 3.51. The summed E-state index contributed by atoms with van der Waals surface area (Å²) in [5.74, 6) is 0.350. The zero-order valence-electron chi connectivity index (χ0n) is 15.6. The van der Waals surface area contributed by atoms with E-state index in [1.165, 1.54) is 6.42 Å². The van der Waals surface area contributed by atoms with Crippen LogP contribution >= 0.6 is 0 Å². The molecule has 0 saturated heterocycles. The normalized spacial score (nSPS) is 17.1. The minimum Gasteiger partial charge on any atom is -0.467 e. The molecule has 1 saturated carbocycles. The molecule has 2 atom stereocenters. The second kappa shape index (κ2) is 9.37. The van der Waals surface area contributed by atoms with Gasteiger partial charge in [-0.3, -0.25) is 15.4 Å². The van der Waals surface area contributed by atoms with E-state index in [2.05, 4.69) is 16.0 Å². The van der Waals surface area contributed by atoms with E-state index in [1.54, 1.807) is 13.2 Å². The molecule has 3 N–H and O–H groups in total.